The summed E-state index contributed by atoms with van der Waals surface area (Å²) in [6, 6.07) is 1.64. The van der Waals surface area contributed by atoms with Crippen LogP contribution in [-0.2, 0) is 4.79 Å². The smallest absolute Gasteiger partial charge is 0.228 e. The van der Waals surface area contributed by atoms with Crippen molar-refractivity contribution in [3.05, 3.63) is 24.0 Å². The molecule has 0 bridgehead atoms. The van der Waals surface area contributed by atoms with Gasteiger partial charge >= 0.3 is 0 Å². The summed E-state index contributed by atoms with van der Waals surface area (Å²) in [5, 5.41) is 6.20. The van der Waals surface area contributed by atoms with Crippen molar-refractivity contribution in [3.8, 4) is 12.3 Å². The first-order valence-electron chi connectivity index (χ1n) is 7.72. The molecule has 0 unspecified atom stereocenters. The number of fused-ring (bicyclic) bond motifs is 1. The number of pyridine rings is 2. The van der Waals surface area contributed by atoms with Crippen LogP contribution in [0.1, 0.15) is 22.5 Å². The second kappa shape index (κ2) is 4.82. The first kappa shape index (κ1) is 9.32. The van der Waals surface area contributed by atoms with Crippen LogP contribution in [-0.4, -0.2) is 22.9 Å². The third kappa shape index (κ3) is 2.16. The predicted octanol–water partition coefficient (Wildman–Crippen LogP) is 2.00. The molecule has 1 fully saturated rings. The van der Waals surface area contributed by atoms with E-state index in [0.29, 0.717) is 22.2 Å². The van der Waals surface area contributed by atoms with E-state index in [2.05, 4.69) is 26.5 Å². The molecule has 0 aliphatic heterocycles. The maximum atomic E-state index is 11.8. The Morgan fingerprint density at radius 2 is 2.30 bits per heavy atom. The summed E-state index contributed by atoms with van der Waals surface area (Å²) < 4.78 is 21.9. The van der Waals surface area contributed by atoms with Crippen molar-refractivity contribution < 1.29 is 8.91 Å². The second-order valence-electron chi connectivity index (χ2n) is 4.67. The number of rotatable bonds is 3. The number of nitrogens with one attached hydrogen (secondary N) is 2. The molecule has 20 heavy (non-hydrogen) atoms. The molecule has 1 aliphatic carbocycles. The van der Waals surface area contributed by atoms with Crippen molar-refractivity contribution >= 4 is 28.3 Å². The molecule has 2 aromatic rings. The molecule has 3 rings (SSSR count). The largest absolute Gasteiger partial charge is 0.373 e. The molecule has 2 N–H and O–H groups in total. The maximum absolute atomic E-state index is 11.8. The minimum atomic E-state index is -2.38. The molecule has 0 atom stereocenters. The highest BCUT2D eigenvalue weighted by Gasteiger charge is 2.29. The molecular weight excluding hydrogens is 252 g/mol. The van der Waals surface area contributed by atoms with Gasteiger partial charge in [0.1, 0.15) is 11.6 Å². The van der Waals surface area contributed by atoms with Gasteiger partial charge in [-0.25, -0.2) is 9.97 Å². The first-order chi connectivity index (χ1) is 10.9. The summed E-state index contributed by atoms with van der Waals surface area (Å²) in [7, 11) is 0. The average Bonchev–Trinajstić information content (AvgIpc) is 3.30. The number of hydrogen-bond donors (Lipinski definition) is 2. The highest BCUT2D eigenvalue weighted by molar-refractivity contribution is 5.99. The lowest BCUT2D eigenvalue weighted by Gasteiger charge is -2.09. The van der Waals surface area contributed by atoms with E-state index in [1.165, 1.54) is 12.4 Å². The monoisotopic (exact) mass is 269 g/mol. The fraction of sp³-hybridized carbons (Fsp3) is 0.267. The zero-order valence-corrected chi connectivity index (χ0v) is 10.6. The van der Waals surface area contributed by atoms with Crippen molar-refractivity contribution in [3.63, 3.8) is 0 Å². The number of hydrogen-bond acceptors (Lipinski definition) is 4. The van der Waals surface area contributed by atoms with Crippen LogP contribution in [0.2, 0.25) is 0 Å². The fourth-order valence-corrected chi connectivity index (χ4v) is 1.99. The number of terminal acetylenes is 1. The molecule has 5 nitrogen and oxygen atoms in total. The summed E-state index contributed by atoms with van der Waals surface area (Å²) in [5.41, 5.74) is 0.500. The molecule has 1 amide bonds. The summed E-state index contributed by atoms with van der Waals surface area (Å²) >= 11 is 0. The van der Waals surface area contributed by atoms with Gasteiger partial charge in [0, 0.05) is 40.2 Å². The molecular formula is C15H14N4O. The zero-order chi connectivity index (χ0) is 16.6. The lowest BCUT2D eigenvalue weighted by atomic mass is 10.1. The van der Waals surface area contributed by atoms with Gasteiger partial charge in [0.2, 0.25) is 5.91 Å². The molecule has 2 heterocycles. The normalized spacial score (nSPS) is 16.6. The van der Waals surface area contributed by atoms with Gasteiger partial charge in [0.25, 0.3) is 0 Å². The van der Waals surface area contributed by atoms with Crippen molar-refractivity contribution in [2.24, 2.45) is 5.92 Å². The lowest BCUT2D eigenvalue weighted by Crippen LogP contribution is -2.14. The standard InChI is InChI=1S/C15H14N4O/c1-3-9-7-18-14(16-2)12-8-17-13(6-11(9)12)19-15(20)10-4-5-10/h1,6-8,10H,4-5H2,2H3,(H,16,18)(H,17,19,20)/i2D3. The molecule has 100 valence electrons. The van der Waals surface area contributed by atoms with Gasteiger partial charge in [-0.05, 0) is 18.9 Å². The van der Waals surface area contributed by atoms with Crippen LogP contribution in [0, 0.1) is 18.3 Å². The Kier molecular flexibility index (Phi) is 2.24. The molecule has 2 aromatic heterocycles. The number of carbonyl (C=O) groups excluding carboxylic acids is 1. The van der Waals surface area contributed by atoms with Crippen LogP contribution in [0.25, 0.3) is 10.8 Å². The molecule has 5 heteroatoms. The van der Waals surface area contributed by atoms with E-state index >= 15 is 0 Å². The Balaban J connectivity index is 2.02. The van der Waals surface area contributed by atoms with Gasteiger partial charge in [0.15, 0.2) is 0 Å². The van der Waals surface area contributed by atoms with Crippen molar-refractivity contribution in [1.82, 2.24) is 9.97 Å². The quantitative estimate of drug-likeness (QED) is 0.836. The molecule has 0 aromatic carbocycles. The Hall–Kier alpha value is -2.61. The minimum absolute atomic E-state index is 0.0600. The van der Waals surface area contributed by atoms with Gasteiger partial charge in [-0.1, -0.05) is 5.92 Å². The molecule has 0 radical (unpaired) electrons. The van der Waals surface area contributed by atoms with Crippen molar-refractivity contribution in [2.75, 3.05) is 17.6 Å². The van der Waals surface area contributed by atoms with E-state index in [1.54, 1.807) is 6.07 Å². The van der Waals surface area contributed by atoms with Crippen molar-refractivity contribution in [1.29, 1.82) is 0 Å². The van der Waals surface area contributed by atoms with Crippen LogP contribution in [0.3, 0.4) is 0 Å². The third-order valence-electron chi connectivity index (χ3n) is 3.25. The molecule has 1 saturated carbocycles. The molecule has 1 aliphatic rings. The Morgan fingerprint density at radius 1 is 1.45 bits per heavy atom. The van der Waals surface area contributed by atoms with Gasteiger partial charge in [-0.2, -0.15) is 0 Å². The Labute approximate surface area is 121 Å². The summed E-state index contributed by atoms with van der Waals surface area (Å²) in [6.45, 7) is -2.38. The minimum Gasteiger partial charge on any atom is -0.373 e. The number of aromatic nitrogens is 2. The van der Waals surface area contributed by atoms with E-state index < -0.39 is 6.98 Å². The molecule has 0 saturated heterocycles. The topological polar surface area (TPSA) is 66.9 Å². The van der Waals surface area contributed by atoms with E-state index in [-0.39, 0.29) is 17.6 Å². The van der Waals surface area contributed by atoms with E-state index in [9.17, 15) is 4.79 Å². The van der Waals surface area contributed by atoms with E-state index in [4.69, 9.17) is 10.5 Å². The van der Waals surface area contributed by atoms with Crippen LogP contribution in [0.5, 0.6) is 0 Å². The van der Waals surface area contributed by atoms with E-state index in [0.717, 1.165) is 12.8 Å². The SMILES string of the molecule is [2H]C([2H])([2H])Nc1ncc(C#C)c2cc(NC(=O)C3CC3)ncc12. The highest BCUT2D eigenvalue weighted by Crippen LogP contribution is 2.31. The van der Waals surface area contributed by atoms with Crippen LogP contribution >= 0.6 is 0 Å². The van der Waals surface area contributed by atoms with Crippen molar-refractivity contribution in [2.45, 2.75) is 12.8 Å². The second-order valence-corrected chi connectivity index (χ2v) is 4.67. The number of amides is 1. The first-order valence-corrected chi connectivity index (χ1v) is 6.22. The van der Waals surface area contributed by atoms with Gasteiger partial charge < -0.3 is 10.6 Å². The maximum Gasteiger partial charge on any atom is 0.228 e. The van der Waals surface area contributed by atoms with Gasteiger partial charge in [-0.3, -0.25) is 4.79 Å². The number of carbonyl (C=O) groups is 1. The van der Waals surface area contributed by atoms with Gasteiger partial charge in [0.05, 0.1) is 5.56 Å². The fourth-order valence-electron chi connectivity index (χ4n) is 1.99. The Morgan fingerprint density at radius 3 is 3.00 bits per heavy atom. The number of anilines is 2. The van der Waals surface area contributed by atoms with Gasteiger partial charge in [-0.15, -0.1) is 6.42 Å². The number of nitrogens with zero attached hydrogens (tertiary/aromatic N) is 2. The van der Waals surface area contributed by atoms with Crippen LogP contribution in [0.4, 0.5) is 11.6 Å². The lowest BCUT2D eigenvalue weighted by molar-refractivity contribution is -0.117. The van der Waals surface area contributed by atoms with Crippen LogP contribution in [0.15, 0.2) is 18.5 Å². The van der Waals surface area contributed by atoms with Crippen LogP contribution < -0.4 is 10.6 Å². The Bertz CT molecular complexity index is 822. The molecule has 0 spiro atoms. The predicted molar refractivity (Wildman–Crippen MR) is 78.4 cm³/mol. The average molecular weight is 269 g/mol. The summed E-state index contributed by atoms with van der Waals surface area (Å²) in [6.07, 6.45) is 10.1. The summed E-state index contributed by atoms with van der Waals surface area (Å²) in [5.74, 6) is 3.06. The zero-order valence-electron chi connectivity index (χ0n) is 13.6. The highest BCUT2D eigenvalue weighted by atomic mass is 16.2. The summed E-state index contributed by atoms with van der Waals surface area (Å²) in [4.78, 5) is 20.0. The third-order valence-corrected chi connectivity index (χ3v) is 3.25. The van der Waals surface area contributed by atoms with E-state index in [1.807, 2.05) is 0 Å².